The largest absolute Gasteiger partial charge is 0.406 e. The lowest BCUT2D eigenvalue weighted by molar-refractivity contribution is -0.141. The Hall–Kier alpha value is -0.850. The first-order valence-corrected chi connectivity index (χ1v) is 3.97. The maximum atomic E-state index is 11.9. The number of hydrogen-bond donors (Lipinski definition) is 0. The molecule has 0 aliphatic rings. The van der Waals surface area contributed by atoms with E-state index in [1.807, 2.05) is 0 Å². The molecule has 1 aromatic heterocycles. The smallest absolute Gasteiger partial charge is 0.303 e. The van der Waals surface area contributed by atoms with Gasteiger partial charge in [-0.05, 0) is 15.9 Å². The predicted molar refractivity (Wildman–Crippen MR) is 42.3 cm³/mol. The van der Waals surface area contributed by atoms with E-state index in [-0.39, 0.29) is 4.60 Å². The molecule has 0 saturated heterocycles. The second-order valence-electron chi connectivity index (χ2n) is 2.27. The molecule has 7 heteroatoms. The molecule has 3 nitrogen and oxygen atoms in total. The van der Waals surface area contributed by atoms with Gasteiger partial charge in [-0.1, -0.05) is 0 Å². The third-order valence-corrected chi connectivity index (χ3v) is 1.77. The van der Waals surface area contributed by atoms with Crippen LogP contribution in [0.1, 0.15) is 0 Å². The lowest BCUT2D eigenvalue weighted by Gasteiger charge is -2.08. The van der Waals surface area contributed by atoms with Crippen LogP contribution in [0.15, 0.2) is 21.8 Å². The number of aromatic nitrogens is 2. The second kappa shape index (κ2) is 3.49. The zero-order chi connectivity index (χ0) is 10.1. The van der Waals surface area contributed by atoms with E-state index < -0.39 is 18.3 Å². The van der Waals surface area contributed by atoms with Crippen LogP contribution in [0.25, 0.3) is 0 Å². The number of alkyl halides is 3. The van der Waals surface area contributed by atoms with Crippen LogP contribution in [0.4, 0.5) is 13.2 Å². The van der Waals surface area contributed by atoms with Crippen LogP contribution < -0.4 is 5.56 Å². The third-order valence-electron chi connectivity index (χ3n) is 1.22. The minimum atomic E-state index is -4.40. The molecule has 72 valence electrons. The van der Waals surface area contributed by atoms with E-state index in [9.17, 15) is 18.0 Å². The summed E-state index contributed by atoms with van der Waals surface area (Å²) in [6, 6.07) is 0. The Morgan fingerprint density at radius 3 is 2.69 bits per heavy atom. The maximum absolute atomic E-state index is 11.9. The molecule has 0 radical (unpaired) electrons. The normalized spacial score (nSPS) is 11.7. The second-order valence-corrected chi connectivity index (χ2v) is 3.02. The third kappa shape index (κ3) is 2.83. The molecule has 1 aromatic rings. The molecule has 0 aromatic carbocycles. The molecule has 0 spiro atoms. The van der Waals surface area contributed by atoms with E-state index in [1.54, 1.807) is 0 Å². The molecule has 0 amide bonds. The summed E-state index contributed by atoms with van der Waals surface area (Å²) in [5, 5.41) is 0. The van der Waals surface area contributed by atoms with Gasteiger partial charge in [0.2, 0.25) is 0 Å². The Balaban J connectivity index is 3.03. The Morgan fingerprint density at radius 1 is 1.54 bits per heavy atom. The van der Waals surface area contributed by atoms with Gasteiger partial charge in [-0.15, -0.1) is 0 Å². The molecule has 0 unspecified atom stereocenters. The van der Waals surface area contributed by atoms with Crippen molar-refractivity contribution < 1.29 is 13.2 Å². The highest BCUT2D eigenvalue weighted by molar-refractivity contribution is 9.10. The SMILES string of the molecule is O=c1c(Br)nccn1CC(F)(F)F. The quantitative estimate of drug-likeness (QED) is 0.765. The fourth-order valence-corrected chi connectivity index (χ4v) is 1.08. The molecule has 0 saturated carbocycles. The first-order valence-electron chi connectivity index (χ1n) is 3.18. The lowest BCUT2D eigenvalue weighted by Crippen LogP contribution is -2.28. The summed E-state index contributed by atoms with van der Waals surface area (Å²) in [5.74, 6) is 0. The zero-order valence-corrected chi connectivity index (χ0v) is 7.76. The van der Waals surface area contributed by atoms with Crippen LogP contribution in [0.2, 0.25) is 0 Å². The van der Waals surface area contributed by atoms with Crippen LogP contribution in [0.5, 0.6) is 0 Å². The van der Waals surface area contributed by atoms with Crippen molar-refractivity contribution >= 4 is 15.9 Å². The lowest BCUT2D eigenvalue weighted by atomic mass is 10.5. The summed E-state index contributed by atoms with van der Waals surface area (Å²) in [5.41, 5.74) is -0.792. The summed E-state index contributed by atoms with van der Waals surface area (Å²) in [4.78, 5) is 14.5. The molecule has 0 aliphatic carbocycles. The van der Waals surface area contributed by atoms with Gasteiger partial charge in [0.15, 0.2) is 4.60 Å². The van der Waals surface area contributed by atoms with Crippen molar-refractivity contribution in [1.29, 1.82) is 0 Å². The van der Waals surface area contributed by atoms with Crippen LogP contribution in [-0.4, -0.2) is 15.7 Å². The van der Waals surface area contributed by atoms with Crippen LogP contribution >= 0.6 is 15.9 Å². The average Bonchev–Trinajstić information content (AvgIpc) is 1.96. The molecule has 1 rings (SSSR count). The van der Waals surface area contributed by atoms with Gasteiger partial charge < -0.3 is 4.57 Å². The Bertz CT molecular complexity index is 360. The van der Waals surface area contributed by atoms with Gasteiger partial charge in [-0.25, -0.2) is 4.98 Å². The van der Waals surface area contributed by atoms with Crippen molar-refractivity contribution in [2.45, 2.75) is 12.7 Å². The van der Waals surface area contributed by atoms with Crippen LogP contribution in [0.3, 0.4) is 0 Å². The van der Waals surface area contributed by atoms with Gasteiger partial charge in [-0.2, -0.15) is 13.2 Å². The molecule has 1 heterocycles. The summed E-state index contributed by atoms with van der Waals surface area (Å²) in [7, 11) is 0. The van der Waals surface area contributed by atoms with Gasteiger partial charge in [0.1, 0.15) is 6.54 Å². The standard InChI is InChI=1S/C6H4BrF3N2O/c7-4-5(13)12(2-1-11-4)3-6(8,9)10/h1-2H,3H2. The average molecular weight is 257 g/mol. The van der Waals surface area contributed by atoms with Crippen molar-refractivity contribution in [2.75, 3.05) is 0 Å². The minimum Gasteiger partial charge on any atom is -0.303 e. The monoisotopic (exact) mass is 256 g/mol. The van der Waals surface area contributed by atoms with Crippen molar-refractivity contribution in [2.24, 2.45) is 0 Å². The summed E-state index contributed by atoms with van der Waals surface area (Å²) in [6.45, 7) is -1.30. The Morgan fingerprint density at radius 2 is 2.15 bits per heavy atom. The fourth-order valence-electron chi connectivity index (χ4n) is 0.738. The Kier molecular flexibility index (Phi) is 2.74. The summed E-state index contributed by atoms with van der Waals surface area (Å²) >= 11 is 2.74. The molecule has 13 heavy (non-hydrogen) atoms. The summed E-state index contributed by atoms with van der Waals surface area (Å²) < 4.78 is 36.0. The molecule has 0 N–H and O–H groups in total. The van der Waals surface area contributed by atoms with Gasteiger partial charge >= 0.3 is 6.18 Å². The number of halogens is 4. The van der Waals surface area contributed by atoms with E-state index in [4.69, 9.17) is 0 Å². The van der Waals surface area contributed by atoms with Crippen LogP contribution in [-0.2, 0) is 6.54 Å². The first-order chi connectivity index (χ1) is 5.90. The number of hydrogen-bond acceptors (Lipinski definition) is 2. The molecule has 0 aliphatic heterocycles. The van der Waals surface area contributed by atoms with Crippen molar-refractivity contribution in [3.05, 3.63) is 27.4 Å². The fraction of sp³-hybridized carbons (Fsp3) is 0.333. The van der Waals surface area contributed by atoms with Crippen LogP contribution in [0, 0.1) is 0 Å². The van der Waals surface area contributed by atoms with Crippen molar-refractivity contribution in [1.82, 2.24) is 9.55 Å². The highest BCUT2D eigenvalue weighted by Crippen LogP contribution is 2.16. The zero-order valence-electron chi connectivity index (χ0n) is 6.18. The first kappa shape index (κ1) is 10.2. The molecular formula is C6H4BrF3N2O. The van der Waals surface area contributed by atoms with E-state index in [1.165, 1.54) is 0 Å². The van der Waals surface area contributed by atoms with Gasteiger partial charge in [0, 0.05) is 12.4 Å². The van der Waals surface area contributed by atoms with E-state index >= 15 is 0 Å². The maximum Gasteiger partial charge on any atom is 0.406 e. The molecule has 0 fully saturated rings. The van der Waals surface area contributed by atoms with Gasteiger partial charge in [0.05, 0.1) is 0 Å². The summed E-state index contributed by atoms with van der Waals surface area (Å²) in [6.07, 6.45) is -2.29. The number of rotatable bonds is 1. The highest BCUT2D eigenvalue weighted by atomic mass is 79.9. The van der Waals surface area contributed by atoms with Gasteiger partial charge in [0.25, 0.3) is 5.56 Å². The Labute approximate surface area is 79.3 Å². The van der Waals surface area contributed by atoms with Crippen molar-refractivity contribution in [3.8, 4) is 0 Å². The van der Waals surface area contributed by atoms with E-state index in [2.05, 4.69) is 20.9 Å². The van der Waals surface area contributed by atoms with E-state index in [0.29, 0.717) is 4.57 Å². The topological polar surface area (TPSA) is 34.9 Å². The number of nitrogens with zero attached hydrogens (tertiary/aromatic N) is 2. The van der Waals surface area contributed by atoms with Gasteiger partial charge in [-0.3, -0.25) is 4.79 Å². The molecule has 0 bridgehead atoms. The molecular weight excluding hydrogens is 253 g/mol. The van der Waals surface area contributed by atoms with E-state index in [0.717, 1.165) is 12.4 Å². The highest BCUT2D eigenvalue weighted by Gasteiger charge is 2.28. The minimum absolute atomic E-state index is 0.126. The molecule has 0 atom stereocenters. The predicted octanol–water partition coefficient (Wildman–Crippen LogP) is 1.57. The van der Waals surface area contributed by atoms with Crippen molar-refractivity contribution in [3.63, 3.8) is 0 Å².